The molecule has 0 aliphatic heterocycles. The molecule has 1 fully saturated rings. The van der Waals surface area contributed by atoms with Crippen molar-refractivity contribution < 1.29 is 8.42 Å². The number of rotatable bonds is 3. The van der Waals surface area contributed by atoms with E-state index in [0.29, 0.717) is 0 Å². The Hall–Kier alpha value is -0.550. The van der Waals surface area contributed by atoms with Crippen LogP contribution in [0.5, 0.6) is 0 Å². The highest BCUT2D eigenvalue weighted by Crippen LogP contribution is 2.30. The van der Waals surface area contributed by atoms with Gasteiger partial charge < -0.3 is 5.32 Å². The van der Waals surface area contributed by atoms with Crippen molar-refractivity contribution in [3.8, 4) is 0 Å². The second-order valence-electron chi connectivity index (χ2n) is 4.53. The minimum atomic E-state index is -2.96. The van der Waals surface area contributed by atoms with Gasteiger partial charge in [-0.1, -0.05) is 12.1 Å². The maximum Gasteiger partial charge on any atom is 0.152 e. The molecule has 1 aromatic rings. The van der Waals surface area contributed by atoms with Gasteiger partial charge in [-0.25, -0.2) is 8.42 Å². The molecule has 17 heavy (non-hydrogen) atoms. The van der Waals surface area contributed by atoms with Gasteiger partial charge in [-0.3, -0.25) is 0 Å². The molecule has 5 heteroatoms. The SMILES string of the molecule is CS(=O)(=O)C1CCCC1Nc1ccccc1Br. The van der Waals surface area contributed by atoms with Crippen molar-refractivity contribution in [3.63, 3.8) is 0 Å². The lowest BCUT2D eigenvalue weighted by Crippen LogP contribution is -2.34. The second kappa shape index (κ2) is 4.98. The monoisotopic (exact) mass is 317 g/mol. The van der Waals surface area contributed by atoms with Gasteiger partial charge in [0.25, 0.3) is 0 Å². The van der Waals surface area contributed by atoms with Crippen LogP contribution in [0.15, 0.2) is 28.7 Å². The molecule has 0 radical (unpaired) electrons. The predicted octanol–water partition coefficient (Wildman–Crippen LogP) is 2.83. The number of anilines is 1. The van der Waals surface area contributed by atoms with Gasteiger partial charge in [0.05, 0.1) is 5.25 Å². The molecule has 1 aliphatic rings. The van der Waals surface area contributed by atoms with Crippen LogP contribution >= 0.6 is 15.9 Å². The van der Waals surface area contributed by atoms with Gasteiger partial charge in [-0.05, 0) is 47.3 Å². The molecule has 1 aliphatic carbocycles. The Labute approximate surface area is 111 Å². The number of halogens is 1. The zero-order valence-electron chi connectivity index (χ0n) is 9.69. The van der Waals surface area contributed by atoms with E-state index in [1.165, 1.54) is 6.26 Å². The summed E-state index contributed by atoms with van der Waals surface area (Å²) in [4.78, 5) is 0. The Kier molecular flexibility index (Phi) is 3.78. The third-order valence-corrected chi connectivity index (χ3v) is 5.57. The summed E-state index contributed by atoms with van der Waals surface area (Å²) in [6.07, 6.45) is 3.98. The van der Waals surface area contributed by atoms with Gasteiger partial charge >= 0.3 is 0 Å². The van der Waals surface area contributed by atoms with Gasteiger partial charge in [-0.2, -0.15) is 0 Å². The van der Waals surface area contributed by atoms with E-state index in [0.717, 1.165) is 29.4 Å². The molecular formula is C12H16BrNO2S. The summed E-state index contributed by atoms with van der Waals surface area (Å²) in [7, 11) is -2.96. The summed E-state index contributed by atoms with van der Waals surface area (Å²) in [5, 5.41) is 3.08. The number of sulfone groups is 1. The maximum absolute atomic E-state index is 11.7. The standard InChI is InChI=1S/C12H16BrNO2S/c1-17(15,16)12-8-4-7-11(12)14-10-6-3-2-5-9(10)13/h2-3,5-6,11-12,14H,4,7-8H2,1H3. The van der Waals surface area contributed by atoms with E-state index in [2.05, 4.69) is 21.2 Å². The molecule has 2 atom stereocenters. The smallest absolute Gasteiger partial charge is 0.152 e. The lowest BCUT2D eigenvalue weighted by molar-refractivity contribution is 0.579. The molecule has 94 valence electrons. The van der Waals surface area contributed by atoms with Gasteiger partial charge in [-0.15, -0.1) is 0 Å². The van der Waals surface area contributed by atoms with Crippen LogP contribution in [-0.4, -0.2) is 26.0 Å². The van der Waals surface area contributed by atoms with E-state index < -0.39 is 9.84 Å². The van der Waals surface area contributed by atoms with E-state index in [-0.39, 0.29) is 11.3 Å². The zero-order chi connectivity index (χ0) is 12.5. The first-order valence-corrected chi connectivity index (χ1v) is 8.43. The Bertz CT molecular complexity index is 501. The van der Waals surface area contributed by atoms with Crippen molar-refractivity contribution in [1.82, 2.24) is 0 Å². The molecule has 0 saturated heterocycles. The normalized spacial score (nSPS) is 24.8. The highest BCUT2D eigenvalue weighted by molar-refractivity contribution is 9.10. The van der Waals surface area contributed by atoms with Crippen LogP contribution in [0.1, 0.15) is 19.3 Å². The number of hydrogen-bond acceptors (Lipinski definition) is 3. The Morgan fingerprint density at radius 1 is 1.29 bits per heavy atom. The minimum absolute atomic E-state index is 0.0312. The summed E-state index contributed by atoms with van der Waals surface area (Å²) in [5.41, 5.74) is 0.966. The molecule has 0 aromatic heterocycles. The summed E-state index contributed by atoms with van der Waals surface area (Å²) in [5.74, 6) is 0. The molecule has 1 saturated carbocycles. The molecule has 0 spiro atoms. The van der Waals surface area contributed by atoms with E-state index >= 15 is 0 Å². The number of hydrogen-bond donors (Lipinski definition) is 1. The number of nitrogens with one attached hydrogen (secondary N) is 1. The van der Waals surface area contributed by atoms with Crippen LogP contribution < -0.4 is 5.32 Å². The van der Waals surface area contributed by atoms with Crippen LogP contribution in [0.4, 0.5) is 5.69 Å². The van der Waals surface area contributed by atoms with Crippen LogP contribution in [0.25, 0.3) is 0 Å². The second-order valence-corrected chi connectivity index (χ2v) is 7.65. The van der Waals surface area contributed by atoms with Gasteiger partial charge in [0.1, 0.15) is 0 Å². The van der Waals surface area contributed by atoms with Crippen molar-refractivity contribution in [2.24, 2.45) is 0 Å². The molecule has 0 amide bonds. The number of para-hydroxylation sites is 1. The summed E-state index contributed by atoms with van der Waals surface area (Å²) < 4.78 is 24.3. The van der Waals surface area contributed by atoms with Crippen molar-refractivity contribution in [1.29, 1.82) is 0 Å². The van der Waals surface area contributed by atoms with Crippen molar-refractivity contribution >= 4 is 31.5 Å². The van der Waals surface area contributed by atoms with Gasteiger partial charge in [0, 0.05) is 22.5 Å². The molecular weight excluding hydrogens is 302 g/mol. The van der Waals surface area contributed by atoms with Crippen molar-refractivity contribution in [2.45, 2.75) is 30.6 Å². The molecule has 0 bridgehead atoms. The average molecular weight is 318 g/mol. The minimum Gasteiger partial charge on any atom is -0.380 e. The molecule has 1 N–H and O–H groups in total. The van der Waals surface area contributed by atoms with Gasteiger partial charge in [0.15, 0.2) is 9.84 Å². The maximum atomic E-state index is 11.7. The highest BCUT2D eigenvalue weighted by Gasteiger charge is 2.34. The topological polar surface area (TPSA) is 46.2 Å². The van der Waals surface area contributed by atoms with E-state index in [1.54, 1.807) is 0 Å². The van der Waals surface area contributed by atoms with E-state index in [9.17, 15) is 8.42 Å². The molecule has 0 heterocycles. The third kappa shape index (κ3) is 3.01. The van der Waals surface area contributed by atoms with E-state index in [4.69, 9.17) is 0 Å². The van der Waals surface area contributed by atoms with Crippen LogP contribution in [0.2, 0.25) is 0 Å². The molecule has 2 unspecified atom stereocenters. The third-order valence-electron chi connectivity index (χ3n) is 3.22. The van der Waals surface area contributed by atoms with Crippen LogP contribution in [-0.2, 0) is 9.84 Å². The Balaban J connectivity index is 2.17. The predicted molar refractivity (Wildman–Crippen MR) is 74.0 cm³/mol. The Morgan fingerprint density at radius 2 is 2.00 bits per heavy atom. The summed E-state index contributed by atoms with van der Waals surface area (Å²) >= 11 is 3.46. The van der Waals surface area contributed by atoms with Crippen LogP contribution in [0, 0.1) is 0 Å². The highest BCUT2D eigenvalue weighted by atomic mass is 79.9. The molecule has 2 rings (SSSR count). The summed E-state index contributed by atoms with van der Waals surface area (Å²) in [6, 6.07) is 7.83. The fourth-order valence-corrected chi connectivity index (χ4v) is 4.18. The van der Waals surface area contributed by atoms with Gasteiger partial charge in [0.2, 0.25) is 0 Å². The first kappa shape index (κ1) is 12.9. The molecule has 3 nitrogen and oxygen atoms in total. The lowest BCUT2D eigenvalue weighted by atomic mass is 10.2. The zero-order valence-corrected chi connectivity index (χ0v) is 12.1. The first-order valence-electron chi connectivity index (χ1n) is 5.68. The quantitative estimate of drug-likeness (QED) is 0.932. The van der Waals surface area contributed by atoms with Crippen molar-refractivity contribution in [3.05, 3.63) is 28.7 Å². The molecule has 1 aromatic carbocycles. The van der Waals surface area contributed by atoms with Crippen LogP contribution in [0.3, 0.4) is 0 Å². The average Bonchev–Trinajstić information content (AvgIpc) is 2.69. The Morgan fingerprint density at radius 3 is 2.65 bits per heavy atom. The van der Waals surface area contributed by atoms with E-state index in [1.807, 2.05) is 24.3 Å². The summed E-state index contributed by atoms with van der Waals surface area (Å²) in [6.45, 7) is 0. The van der Waals surface area contributed by atoms with Crippen molar-refractivity contribution in [2.75, 3.05) is 11.6 Å². The largest absolute Gasteiger partial charge is 0.380 e. The number of benzene rings is 1. The fraction of sp³-hybridized carbons (Fsp3) is 0.500. The first-order chi connectivity index (χ1) is 7.98. The fourth-order valence-electron chi connectivity index (χ4n) is 2.38. The lowest BCUT2D eigenvalue weighted by Gasteiger charge is -2.21.